The van der Waals surface area contributed by atoms with E-state index in [1.54, 1.807) is 0 Å². The van der Waals surface area contributed by atoms with E-state index in [0.29, 0.717) is 18.9 Å². The van der Waals surface area contributed by atoms with Crippen molar-refractivity contribution in [3.8, 4) is 0 Å². The van der Waals surface area contributed by atoms with Gasteiger partial charge in [-0.1, -0.05) is 5.57 Å². The molecule has 0 aromatic rings. The van der Waals surface area contributed by atoms with Crippen molar-refractivity contribution in [2.45, 2.75) is 25.7 Å². The smallest absolute Gasteiger partial charge is 0.226 e. The predicted octanol–water partition coefficient (Wildman–Crippen LogP) is 1.11. The Hall–Kier alpha value is -1.53. The molecule has 2 fully saturated rings. The van der Waals surface area contributed by atoms with Crippen LogP contribution in [0.3, 0.4) is 0 Å². The maximum Gasteiger partial charge on any atom is 0.226 e. The molecule has 1 saturated heterocycles. The molecule has 110 valence electrons. The van der Waals surface area contributed by atoms with Crippen LogP contribution in [-0.4, -0.2) is 18.4 Å². The van der Waals surface area contributed by atoms with Crippen molar-refractivity contribution in [1.29, 1.82) is 0 Å². The third-order valence-electron chi connectivity index (χ3n) is 4.77. The molecule has 2 aliphatic heterocycles. The topological polar surface area (TPSA) is 84.2 Å². The second-order valence-electron chi connectivity index (χ2n) is 5.98. The molecule has 0 bridgehead atoms. The van der Waals surface area contributed by atoms with E-state index >= 15 is 0 Å². The number of allylic oxidation sites excluding steroid dienone is 3. The van der Waals surface area contributed by atoms with Gasteiger partial charge in [-0.05, 0) is 48.8 Å². The summed E-state index contributed by atoms with van der Waals surface area (Å²) in [7, 11) is 0. The molecule has 4 rings (SSSR count). The molecule has 2 atom stereocenters. The minimum absolute atomic E-state index is 0.0540. The number of hydrogen-bond donors (Lipinski definition) is 3. The minimum Gasteiger partial charge on any atom is -0.369 e. The van der Waals surface area contributed by atoms with Crippen LogP contribution in [-0.2, 0) is 9.59 Å². The van der Waals surface area contributed by atoms with Crippen molar-refractivity contribution < 1.29 is 9.59 Å². The fourth-order valence-electron chi connectivity index (χ4n) is 3.83. The van der Waals surface area contributed by atoms with Gasteiger partial charge < -0.3 is 11.1 Å². The summed E-state index contributed by atoms with van der Waals surface area (Å²) in [6.45, 7) is 0.512. The molecule has 2 unspecified atom stereocenters. The van der Waals surface area contributed by atoms with Gasteiger partial charge in [-0.3, -0.25) is 14.3 Å². The summed E-state index contributed by atoms with van der Waals surface area (Å²) in [5.41, 5.74) is 9.81. The van der Waals surface area contributed by atoms with Crippen LogP contribution in [0.1, 0.15) is 25.7 Å². The van der Waals surface area contributed by atoms with Crippen LogP contribution in [0, 0.1) is 11.8 Å². The highest BCUT2D eigenvalue weighted by Crippen LogP contribution is 2.48. The standard InChI is InChI=1S/C15H17N3O2S/c16-15(20)10-6-17-21-11-5-9-8-3-1-2-7(8)4-12(19)18-14(9)13(10)11/h5,7,10,17H,1-4,6H2,(H2,16,20)(H,18,19). The fourth-order valence-corrected chi connectivity index (χ4v) is 4.76. The molecular formula is C15H17N3O2S. The van der Waals surface area contributed by atoms with Gasteiger partial charge in [0.1, 0.15) is 0 Å². The molecule has 21 heavy (non-hydrogen) atoms. The van der Waals surface area contributed by atoms with Crippen molar-refractivity contribution in [1.82, 2.24) is 10.0 Å². The SMILES string of the molecule is NC(=O)C1CNSC2=CC3=C4CCCC4CC(=O)NC3=C21. The third kappa shape index (κ3) is 1.97. The summed E-state index contributed by atoms with van der Waals surface area (Å²) in [5.74, 6) is -0.300. The van der Waals surface area contributed by atoms with Crippen LogP contribution >= 0.6 is 11.9 Å². The Kier molecular flexibility index (Phi) is 2.97. The Morgan fingerprint density at radius 1 is 1.43 bits per heavy atom. The molecule has 5 nitrogen and oxygen atoms in total. The van der Waals surface area contributed by atoms with Gasteiger partial charge in [-0.2, -0.15) is 0 Å². The van der Waals surface area contributed by atoms with E-state index in [0.717, 1.165) is 41.0 Å². The molecule has 0 aromatic carbocycles. The molecule has 2 aliphatic carbocycles. The average Bonchev–Trinajstić information content (AvgIpc) is 3.00. The molecule has 4 N–H and O–H groups in total. The Bertz CT molecular complexity index is 647. The Labute approximate surface area is 127 Å². The lowest BCUT2D eigenvalue weighted by molar-refractivity contribution is -0.122. The van der Waals surface area contributed by atoms with E-state index in [4.69, 9.17) is 5.73 Å². The van der Waals surface area contributed by atoms with Gasteiger partial charge in [0.05, 0.1) is 11.6 Å². The van der Waals surface area contributed by atoms with E-state index in [-0.39, 0.29) is 17.7 Å². The zero-order valence-electron chi connectivity index (χ0n) is 11.6. The van der Waals surface area contributed by atoms with Gasteiger partial charge in [-0.15, -0.1) is 0 Å². The normalized spacial score (nSPS) is 31.2. The van der Waals surface area contributed by atoms with Gasteiger partial charge in [0, 0.05) is 23.4 Å². The zero-order chi connectivity index (χ0) is 14.6. The van der Waals surface area contributed by atoms with Crippen LogP contribution in [0.4, 0.5) is 0 Å². The third-order valence-corrected chi connectivity index (χ3v) is 5.64. The van der Waals surface area contributed by atoms with E-state index in [2.05, 4.69) is 16.1 Å². The lowest BCUT2D eigenvalue weighted by Crippen LogP contribution is -2.37. The molecule has 0 aromatic heterocycles. The van der Waals surface area contributed by atoms with Gasteiger partial charge in [0.2, 0.25) is 11.8 Å². The second-order valence-corrected chi connectivity index (χ2v) is 6.92. The van der Waals surface area contributed by atoms with Gasteiger partial charge in [-0.25, -0.2) is 0 Å². The van der Waals surface area contributed by atoms with Crippen molar-refractivity contribution in [3.05, 3.63) is 33.4 Å². The molecule has 2 heterocycles. The van der Waals surface area contributed by atoms with Crippen molar-refractivity contribution >= 4 is 23.8 Å². The number of fused-ring (bicyclic) bond motifs is 3. The highest BCUT2D eigenvalue weighted by Gasteiger charge is 2.39. The quantitative estimate of drug-likeness (QED) is 0.634. The highest BCUT2D eigenvalue weighted by atomic mass is 32.2. The van der Waals surface area contributed by atoms with Crippen LogP contribution in [0.2, 0.25) is 0 Å². The predicted molar refractivity (Wildman–Crippen MR) is 80.5 cm³/mol. The number of rotatable bonds is 1. The molecule has 4 aliphatic rings. The first-order valence-electron chi connectivity index (χ1n) is 7.33. The molecular weight excluding hydrogens is 286 g/mol. The molecule has 1 saturated carbocycles. The first-order chi connectivity index (χ1) is 10.1. The number of carbonyl (C=O) groups is 2. The Balaban J connectivity index is 1.90. The number of carbonyl (C=O) groups excluding carboxylic acids is 2. The van der Waals surface area contributed by atoms with Gasteiger partial charge in [0.15, 0.2) is 0 Å². The van der Waals surface area contributed by atoms with Crippen LogP contribution in [0.5, 0.6) is 0 Å². The van der Waals surface area contributed by atoms with Crippen molar-refractivity contribution in [3.63, 3.8) is 0 Å². The lowest BCUT2D eigenvalue weighted by Gasteiger charge is -2.24. The Morgan fingerprint density at radius 2 is 2.29 bits per heavy atom. The van der Waals surface area contributed by atoms with E-state index in [1.165, 1.54) is 17.5 Å². The van der Waals surface area contributed by atoms with Crippen molar-refractivity contribution in [2.24, 2.45) is 17.6 Å². The second kappa shape index (κ2) is 4.74. The average molecular weight is 303 g/mol. The minimum atomic E-state index is -0.371. The molecule has 6 heteroatoms. The summed E-state index contributed by atoms with van der Waals surface area (Å²) < 4.78 is 3.16. The van der Waals surface area contributed by atoms with E-state index in [1.807, 2.05) is 0 Å². The monoisotopic (exact) mass is 303 g/mol. The summed E-state index contributed by atoms with van der Waals surface area (Å²) in [6, 6.07) is 0. The number of nitrogens with two attached hydrogens (primary N) is 1. The van der Waals surface area contributed by atoms with E-state index in [9.17, 15) is 9.59 Å². The number of nitrogens with one attached hydrogen (secondary N) is 2. The first-order valence-corrected chi connectivity index (χ1v) is 8.15. The van der Waals surface area contributed by atoms with E-state index < -0.39 is 0 Å². The van der Waals surface area contributed by atoms with Gasteiger partial charge >= 0.3 is 0 Å². The largest absolute Gasteiger partial charge is 0.369 e. The summed E-state index contributed by atoms with van der Waals surface area (Å²) in [5, 5.41) is 3.04. The maximum atomic E-state index is 12.2. The summed E-state index contributed by atoms with van der Waals surface area (Å²) in [6.07, 6.45) is 5.97. The maximum absolute atomic E-state index is 12.2. The highest BCUT2D eigenvalue weighted by molar-refractivity contribution is 8.01. The number of primary amides is 1. The van der Waals surface area contributed by atoms with Crippen LogP contribution in [0.25, 0.3) is 0 Å². The van der Waals surface area contributed by atoms with Crippen LogP contribution in [0.15, 0.2) is 33.4 Å². The molecule has 2 amide bonds. The fraction of sp³-hybridized carbons (Fsp3) is 0.467. The van der Waals surface area contributed by atoms with Crippen molar-refractivity contribution in [2.75, 3.05) is 6.54 Å². The van der Waals surface area contributed by atoms with Crippen LogP contribution < -0.4 is 15.8 Å². The Morgan fingerprint density at radius 3 is 3.10 bits per heavy atom. The van der Waals surface area contributed by atoms with Gasteiger partial charge in [0.25, 0.3) is 0 Å². The number of amides is 2. The summed E-state index contributed by atoms with van der Waals surface area (Å²) >= 11 is 1.52. The first kappa shape index (κ1) is 13.2. The summed E-state index contributed by atoms with van der Waals surface area (Å²) in [4.78, 5) is 25.0. The molecule has 0 radical (unpaired) electrons. The molecule has 0 spiro atoms. The zero-order valence-corrected chi connectivity index (χ0v) is 12.4. The lowest BCUT2D eigenvalue weighted by atomic mass is 9.94. The number of hydrogen-bond acceptors (Lipinski definition) is 4.